The second kappa shape index (κ2) is 10.1. The smallest absolute Gasteiger partial charge is 0.151 e. The average molecular weight is 501 g/mol. The molecule has 6 nitrogen and oxygen atoms in total. The fourth-order valence-corrected chi connectivity index (χ4v) is 5.35. The summed E-state index contributed by atoms with van der Waals surface area (Å²) in [6, 6.07) is 8.01. The predicted octanol–water partition coefficient (Wildman–Crippen LogP) is 5.91. The van der Waals surface area contributed by atoms with Gasteiger partial charge in [0.05, 0.1) is 11.2 Å². The minimum atomic E-state index is -0.280. The second-order valence-corrected chi connectivity index (χ2v) is 10.6. The van der Waals surface area contributed by atoms with E-state index in [2.05, 4.69) is 90.0 Å². The van der Waals surface area contributed by atoms with Gasteiger partial charge < -0.3 is 19.7 Å². The van der Waals surface area contributed by atoms with Crippen molar-refractivity contribution in [2.75, 3.05) is 39.5 Å². The summed E-state index contributed by atoms with van der Waals surface area (Å²) < 4.78 is 17.2. The van der Waals surface area contributed by atoms with Crippen LogP contribution in [0.2, 0.25) is 0 Å². The van der Waals surface area contributed by atoms with Crippen molar-refractivity contribution in [3.63, 3.8) is 0 Å². The Labute approximate surface area is 219 Å². The van der Waals surface area contributed by atoms with E-state index in [1.807, 2.05) is 13.0 Å². The Morgan fingerprint density at radius 1 is 1.08 bits per heavy atom. The van der Waals surface area contributed by atoms with E-state index >= 15 is 4.39 Å². The van der Waals surface area contributed by atoms with Gasteiger partial charge in [-0.05, 0) is 89.2 Å². The molecule has 37 heavy (non-hydrogen) atoms. The van der Waals surface area contributed by atoms with Gasteiger partial charge in [0.1, 0.15) is 17.2 Å². The number of halogens is 1. The van der Waals surface area contributed by atoms with E-state index in [0.717, 1.165) is 77.6 Å². The number of imidazole rings is 1. The van der Waals surface area contributed by atoms with Crippen LogP contribution in [0.5, 0.6) is 0 Å². The van der Waals surface area contributed by atoms with Crippen LogP contribution in [0.4, 0.5) is 10.2 Å². The topological polar surface area (TPSA) is 49.2 Å². The van der Waals surface area contributed by atoms with Crippen LogP contribution in [0.3, 0.4) is 0 Å². The van der Waals surface area contributed by atoms with Gasteiger partial charge in [-0.25, -0.2) is 14.4 Å². The Bertz CT molecular complexity index is 1430. The largest absolute Gasteiger partial charge is 0.377 e. The fourth-order valence-electron chi connectivity index (χ4n) is 5.35. The minimum Gasteiger partial charge on any atom is -0.377 e. The van der Waals surface area contributed by atoms with Gasteiger partial charge in [0.15, 0.2) is 5.82 Å². The monoisotopic (exact) mass is 500 g/mol. The lowest BCUT2D eigenvalue weighted by molar-refractivity contribution is 0.319. The molecule has 0 fully saturated rings. The van der Waals surface area contributed by atoms with Crippen LogP contribution < -0.4 is 5.32 Å². The Morgan fingerprint density at radius 3 is 2.65 bits per heavy atom. The first-order chi connectivity index (χ1) is 17.7. The van der Waals surface area contributed by atoms with Crippen LogP contribution in [0.25, 0.3) is 16.6 Å². The zero-order valence-corrected chi connectivity index (χ0v) is 22.8. The molecule has 1 aromatic carbocycles. The molecular weight excluding hydrogens is 463 g/mol. The van der Waals surface area contributed by atoms with Crippen LogP contribution in [0.1, 0.15) is 55.4 Å². The first kappa shape index (κ1) is 25.2. The van der Waals surface area contributed by atoms with Gasteiger partial charge in [0.25, 0.3) is 0 Å². The van der Waals surface area contributed by atoms with Crippen molar-refractivity contribution in [1.29, 1.82) is 0 Å². The molecule has 2 aliphatic carbocycles. The van der Waals surface area contributed by atoms with E-state index in [1.54, 1.807) is 6.07 Å². The number of nitrogens with one attached hydrogen (secondary N) is 1. The van der Waals surface area contributed by atoms with E-state index in [9.17, 15) is 0 Å². The number of likely N-dealkylation sites (N-methyl/N-ethyl adjacent to an activating group) is 2. The summed E-state index contributed by atoms with van der Waals surface area (Å²) in [7, 11) is 6.37. The third-order valence-corrected chi connectivity index (χ3v) is 7.25. The molecule has 2 aromatic heterocycles. The number of rotatable bonds is 8. The highest BCUT2D eigenvalue weighted by Gasteiger charge is 2.22. The van der Waals surface area contributed by atoms with Crippen molar-refractivity contribution < 1.29 is 4.39 Å². The maximum atomic E-state index is 15.1. The number of anilines is 1. The number of hydrogen-bond donors (Lipinski definition) is 1. The average Bonchev–Trinajstić information content (AvgIpc) is 3.43. The van der Waals surface area contributed by atoms with Gasteiger partial charge in [-0.15, -0.1) is 0 Å². The van der Waals surface area contributed by atoms with E-state index < -0.39 is 0 Å². The summed E-state index contributed by atoms with van der Waals surface area (Å²) in [5.41, 5.74) is 7.68. The summed E-state index contributed by atoms with van der Waals surface area (Å²) in [5, 5.41) is 3.51. The number of fused-ring (bicyclic) bond motifs is 2. The van der Waals surface area contributed by atoms with E-state index in [0.29, 0.717) is 5.52 Å². The van der Waals surface area contributed by atoms with E-state index in [4.69, 9.17) is 4.98 Å². The number of nitrogens with zero attached hydrogens (tertiary/aromatic N) is 5. The Hall–Kier alpha value is -3.45. The van der Waals surface area contributed by atoms with Gasteiger partial charge in [-0.3, -0.25) is 0 Å². The quantitative estimate of drug-likeness (QED) is 0.416. The molecule has 0 spiro atoms. The molecule has 0 saturated heterocycles. The first-order valence-corrected chi connectivity index (χ1v) is 13.1. The summed E-state index contributed by atoms with van der Waals surface area (Å²) in [6.07, 6.45) is 9.42. The SMILES string of the molecule is Cc1nc2c(F)cc(C3=CCc4nc(NC5=CCCC(N(C)CCN(C)C)=C5)ccc43)cc2n1C(C)C. The maximum absolute atomic E-state index is 15.1. The zero-order chi connectivity index (χ0) is 26.3. The third-order valence-electron chi connectivity index (χ3n) is 7.25. The first-order valence-electron chi connectivity index (χ1n) is 13.1. The lowest BCUT2D eigenvalue weighted by Gasteiger charge is -2.26. The van der Waals surface area contributed by atoms with Crippen LogP contribution in [-0.4, -0.2) is 58.6 Å². The molecule has 0 atom stereocenters. The molecule has 0 radical (unpaired) electrons. The number of benzene rings is 1. The second-order valence-electron chi connectivity index (χ2n) is 10.6. The van der Waals surface area contributed by atoms with Crippen molar-refractivity contribution in [3.8, 4) is 0 Å². The van der Waals surface area contributed by atoms with Crippen molar-refractivity contribution in [3.05, 3.63) is 82.4 Å². The summed E-state index contributed by atoms with van der Waals surface area (Å²) in [6.45, 7) is 8.16. The maximum Gasteiger partial charge on any atom is 0.151 e. The lowest BCUT2D eigenvalue weighted by atomic mass is 10.00. The number of aromatic nitrogens is 3. The van der Waals surface area contributed by atoms with Crippen LogP contribution in [0, 0.1) is 12.7 Å². The molecule has 2 heterocycles. The predicted molar refractivity (Wildman–Crippen MR) is 150 cm³/mol. The van der Waals surface area contributed by atoms with Gasteiger partial charge in [0, 0.05) is 49.6 Å². The van der Waals surface area contributed by atoms with Gasteiger partial charge in [-0.2, -0.15) is 0 Å². The minimum absolute atomic E-state index is 0.205. The highest BCUT2D eigenvalue weighted by atomic mass is 19.1. The molecule has 0 bridgehead atoms. The molecule has 0 amide bonds. The van der Waals surface area contributed by atoms with Crippen molar-refractivity contribution in [1.82, 2.24) is 24.3 Å². The summed E-state index contributed by atoms with van der Waals surface area (Å²) in [4.78, 5) is 13.9. The molecule has 0 saturated carbocycles. The number of hydrogen-bond acceptors (Lipinski definition) is 5. The van der Waals surface area contributed by atoms with Crippen LogP contribution >= 0.6 is 0 Å². The van der Waals surface area contributed by atoms with Crippen LogP contribution in [-0.2, 0) is 6.42 Å². The molecule has 194 valence electrons. The number of allylic oxidation sites excluding steroid dienone is 4. The van der Waals surface area contributed by atoms with Crippen molar-refractivity contribution in [2.24, 2.45) is 0 Å². The Kier molecular flexibility index (Phi) is 6.90. The van der Waals surface area contributed by atoms with Crippen molar-refractivity contribution >= 4 is 22.4 Å². The molecule has 5 rings (SSSR count). The van der Waals surface area contributed by atoms with Crippen LogP contribution in [0.15, 0.2) is 53.9 Å². The van der Waals surface area contributed by atoms with E-state index in [1.165, 1.54) is 5.70 Å². The molecular formula is C30H37FN6. The standard InChI is InChI=1S/C30H37FN6/c1-19(2)37-20(3)32-30-26(31)16-21(17-28(30)37)24-10-12-27-25(24)11-13-29(34-27)33-22-8-7-9-23(18-22)36(6)15-14-35(4)5/h8,10-11,13,16-19H,7,9,12,14-15H2,1-6H3,(H,33,34). The lowest BCUT2D eigenvalue weighted by Crippen LogP contribution is -2.29. The third kappa shape index (κ3) is 5.05. The van der Waals surface area contributed by atoms with Gasteiger partial charge in [0.2, 0.25) is 0 Å². The van der Waals surface area contributed by atoms with E-state index in [-0.39, 0.29) is 11.9 Å². The summed E-state index contributed by atoms with van der Waals surface area (Å²) >= 11 is 0. The molecule has 3 aromatic rings. The van der Waals surface area contributed by atoms with Gasteiger partial charge in [-0.1, -0.05) is 12.2 Å². The summed E-state index contributed by atoms with van der Waals surface area (Å²) in [5.74, 6) is 1.39. The Balaban J connectivity index is 1.37. The Morgan fingerprint density at radius 2 is 1.89 bits per heavy atom. The molecule has 1 N–H and O–H groups in total. The normalized spacial score (nSPS) is 15.2. The molecule has 0 unspecified atom stereocenters. The highest BCUT2D eigenvalue weighted by Crippen LogP contribution is 2.36. The zero-order valence-electron chi connectivity index (χ0n) is 22.8. The molecule has 2 aliphatic rings. The number of aryl methyl sites for hydroxylation is 1. The number of pyridine rings is 1. The highest BCUT2D eigenvalue weighted by molar-refractivity contribution is 5.89. The molecule has 7 heteroatoms. The fraction of sp³-hybridized carbons (Fsp3) is 0.400. The molecule has 0 aliphatic heterocycles. The van der Waals surface area contributed by atoms with Gasteiger partial charge >= 0.3 is 0 Å². The van der Waals surface area contributed by atoms with Crippen molar-refractivity contribution in [2.45, 2.75) is 46.1 Å².